The molecule has 0 spiro atoms. The number of rotatable bonds is 6. The van der Waals surface area contributed by atoms with E-state index in [1.54, 1.807) is 29.8 Å². The molecule has 2 heterocycles. The SMILES string of the molecule is Cc1ccc(C)c(S(=O)(=O)NCCn2nc(-n3nc(C)cc3C)ccc2=O)c1. The van der Waals surface area contributed by atoms with Gasteiger partial charge in [-0.15, -0.1) is 5.10 Å². The summed E-state index contributed by atoms with van der Waals surface area (Å²) in [5.41, 5.74) is 2.96. The molecule has 0 amide bonds. The van der Waals surface area contributed by atoms with Crippen LogP contribution in [0.5, 0.6) is 0 Å². The molecule has 0 atom stereocenters. The minimum absolute atomic E-state index is 0.0448. The van der Waals surface area contributed by atoms with Crippen molar-refractivity contribution in [3.8, 4) is 5.82 Å². The van der Waals surface area contributed by atoms with Crippen LogP contribution in [0.3, 0.4) is 0 Å². The predicted octanol–water partition coefficient (Wildman–Crippen LogP) is 1.64. The molecule has 0 bridgehead atoms. The molecule has 1 aromatic carbocycles. The van der Waals surface area contributed by atoms with Crippen LogP contribution in [0.4, 0.5) is 0 Å². The van der Waals surface area contributed by atoms with Crippen molar-refractivity contribution in [2.75, 3.05) is 6.54 Å². The van der Waals surface area contributed by atoms with E-state index in [1.807, 2.05) is 32.9 Å². The molecular weight excluding hydrogens is 378 g/mol. The maximum Gasteiger partial charge on any atom is 0.266 e. The smallest absolute Gasteiger partial charge is 0.266 e. The van der Waals surface area contributed by atoms with Gasteiger partial charge < -0.3 is 0 Å². The molecule has 3 rings (SSSR count). The van der Waals surface area contributed by atoms with E-state index in [0.29, 0.717) is 11.4 Å². The summed E-state index contributed by atoms with van der Waals surface area (Å²) >= 11 is 0. The number of benzene rings is 1. The summed E-state index contributed by atoms with van der Waals surface area (Å²) in [7, 11) is -3.67. The Morgan fingerprint density at radius 1 is 1.00 bits per heavy atom. The summed E-state index contributed by atoms with van der Waals surface area (Å²) in [5, 5.41) is 8.67. The highest BCUT2D eigenvalue weighted by atomic mass is 32.2. The second-order valence-corrected chi connectivity index (χ2v) is 8.49. The Balaban J connectivity index is 1.78. The fourth-order valence-corrected chi connectivity index (χ4v) is 4.28. The minimum atomic E-state index is -3.67. The summed E-state index contributed by atoms with van der Waals surface area (Å²) < 4.78 is 30.6. The van der Waals surface area contributed by atoms with Gasteiger partial charge in [0.05, 0.1) is 17.1 Å². The van der Waals surface area contributed by atoms with E-state index in [-0.39, 0.29) is 23.5 Å². The Labute approximate surface area is 163 Å². The second kappa shape index (κ2) is 7.69. The van der Waals surface area contributed by atoms with Crippen LogP contribution >= 0.6 is 0 Å². The van der Waals surface area contributed by atoms with Gasteiger partial charge in [-0.2, -0.15) is 5.10 Å². The Bertz CT molecular complexity index is 1180. The van der Waals surface area contributed by atoms with Gasteiger partial charge in [0.2, 0.25) is 10.0 Å². The third-order valence-electron chi connectivity index (χ3n) is 4.33. The van der Waals surface area contributed by atoms with Crippen molar-refractivity contribution in [2.45, 2.75) is 39.1 Å². The zero-order valence-corrected chi connectivity index (χ0v) is 17.1. The van der Waals surface area contributed by atoms with Gasteiger partial charge in [0, 0.05) is 18.3 Å². The fourth-order valence-electron chi connectivity index (χ4n) is 2.93. The molecule has 0 unspecified atom stereocenters. The highest BCUT2D eigenvalue weighted by molar-refractivity contribution is 7.89. The van der Waals surface area contributed by atoms with Crippen molar-refractivity contribution in [2.24, 2.45) is 0 Å². The normalized spacial score (nSPS) is 11.7. The molecule has 9 heteroatoms. The first-order valence-corrected chi connectivity index (χ1v) is 10.3. The molecule has 28 heavy (non-hydrogen) atoms. The van der Waals surface area contributed by atoms with Crippen molar-refractivity contribution in [1.29, 1.82) is 0 Å². The lowest BCUT2D eigenvalue weighted by atomic mass is 10.2. The quantitative estimate of drug-likeness (QED) is 0.677. The van der Waals surface area contributed by atoms with Crippen LogP contribution in [0.1, 0.15) is 22.5 Å². The van der Waals surface area contributed by atoms with Gasteiger partial charge in [-0.3, -0.25) is 4.79 Å². The van der Waals surface area contributed by atoms with Crippen molar-refractivity contribution < 1.29 is 8.42 Å². The summed E-state index contributed by atoms with van der Waals surface area (Å²) in [6, 6.07) is 10.2. The minimum Gasteiger partial charge on any atom is -0.268 e. The lowest BCUT2D eigenvalue weighted by molar-refractivity contribution is 0.541. The lowest BCUT2D eigenvalue weighted by Gasteiger charge is -2.11. The van der Waals surface area contributed by atoms with E-state index in [2.05, 4.69) is 14.9 Å². The van der Waals surface area contributed by atoms with Gasteiger partial charge >= 0.3 is 0 Å². The van der Waals surface area contributed by atoms with Gasteiger partial charge in [0.25, 0.3) is 5.56 Å². The topological polar surface area (TPSA) is 98.9 Å². The molecule has 148 valence electrons. The maximum atomic E-state index is 12.6. The molecule has 0 saturated heterocycles. The lowest BCUT2D eigenvalue weighted by Crippen LogP contribution is -2.32. The molecule has 1 N–H and O–H groups in total. The van der Waals surface area contributed by atoms with Crippen molar-refractivity contribution in [3.63, 3.8) is 0 Å². The third-order valence-corrected chi connectivity index (χ3v) is 5.93. The summed E-state index contributed by atoms with van der Waals surface area (Å²) in [6.07, 6.45) is 0. The Kier molecular flexibility index (Phi) is 5.48. The molecule has 0 fully saturated rings. The van der Waals surface area contributed by atoms with Crippen LogP contribution in [-0.4, -0.2) is 34.5 Å². The molecule has 0 aliphatic rings. The molecule has 0 aliphatic heterocycles. The Hall–Kier alpha value is -2.78. The number of aromatic nitrogens is 4. The summed E-state index contributed by atoms with van der Waals surface area (Å²) in [4.78, 5) is 12.4. The fraction of sp³-hybridized carbons (Fsp3) is 0.316. The van der Waals surface area contributed by atoms with Gasteiger partial charge in [-0.1, -0.05) is 12.1 Å². The summed E-state index contributed by atoms with van der Waals surface area (Å²) in [5.74, 6) is 0.502. The maximum absolute atomic E-state index is 12.6. The van der Waals surface area contributed by atoms with Gasteiger partial charge in [0.1, 0.15) is 0 Å². The molecule has 0 aliphatic carbocycles. The predicted molar refractivity (Wildman–Crippen MR) is 106 cm³/mol. The monoisotopic (exact) mass is 401 g/mol. The van der Waals surface area contributed by atoms with Crippen LogP contribution in [-0.2, 0) is 16.6 Å². The third kappa shape index (κ3) is 4.20. The second-order valence-electron chi connectivity index (χ2n) is 6.76. The number of hydrogen-bond acceptors (Lipinski definition) is 5. The van der Waals surface area contributed by atoms with Crippen LogP contribution in [0, 0.1) is 27.7 Å². The van der Waals surface area contributed by atoms with Crippen molar-refractivity contribution >= 4 is 10.0 Å². The Morgan fingerprint density at radius 2 is 1.75 bits per heavy atom. The number of nitrogens with one attached hydrogen (secondary N) is 1. The van der Waals surface area contributed by atoms with Gasteiger partial charge in [-0.25, -0.2) is 22.5 Å². The molecular formula is C19H23N5O3S. The van der Waals surface area contributed by atoms with E-state index in [9.17, 15) is 13.2 Å². The molecule has 0 radical (unpaired) electrons. The highest BCUT2D eigenvalue weighted by Crippen LogP contribution is 2.16. The van der Waals surface area contributed by atoms with E-state index in [0.717, 1.165) is 17.0 Å². The van der Waals surface area contributed by atoms with Crippen molar-refractivity contribution in [1.82, 2.24) is 24.3 Å². The van der Waals surface area contributed by atoms with E-state index < -0.39 is 10.0 Å². The first-order valence-electron chi connectivity index (χ1n) is 8.86. The van der Waals surface area contributed by atoms with Gasteiger partial charge in [-0.05, 0) is 57.0 Å². The zero-order chi connectivity index (χ0) is 20.5. The van der Waals surface area contributed by atoms with E-state index >= 15 is 0 Å². The molecule has 8 nitrogen and oxygen atoms in total. The van der Waals surface area contributed by atoms with Crippen LogP contribution < -0.4 is 10.3 Å². The highest BCUT2D eigenvalue weighted by Gasteiger charge is 2.16. The van der Waals surface area contributed by atoms with Crippen molar-refractivity contribution in [3.05, 3.63) is 69.3 Å². The summed E-state index contributed by atoms with van der Waals surface area (Å²) in [6.45, 7) is 7.51. The van der Waals surface area contributed by atoms with Crippen LogP contribution in [0.15, 0.2) is 46.1 Å². The molecule has 2 aromatic heterocycles. The standard InChI is InChI=1S/C19H23N5O3S/c1-13-5-6-14(2)17(11-13)28(26,27)20-9-10-23-19(25)8-7-18(22-23)24-16(4)12-15(3)21-24/h5-8,11-12,20H,9-10H2,1-4H3. The van der Waals surface area contributed by atoms with E-state index in [4.69, 9.17) is 0 Å². The average molecular weight is 401 g/mol. The number of hydrogen-bond donors (Lipinski definition) is 1. The van der Waals surface area contributed by atoms with Gasteiger partial charge in [0.15, 0.2) is 5.82 Å². The Morgan fingerprint density at radius 3 is 2.43 bits per heavy atom. The number of aryl methyl sites for hydroxylation is 4. The average Bonchev–Trinajstić information content (AvgIpc) is 2.97. The largest absolute Gasteiger partial charge is 0.268 e. The zero-order valence-electron chi connectivity index (χ0n) is 16.3. The van der Waals surface area contributed by atoms with Crippen LogP contribution in [0.25, 0.3) is 5.82 Å². The number of nitrogens with zero attached hydrogens (tertiary/aromatic N) is 4. The number of sulfonamides is 1. The van der Waals surface area contributed by atoms with E-state index in [1.165, 1.54) is 10.7 Å². The van der Waals surface area contributed by atoms with Crippen LogP contribution in [0.2, 0.25) is 0 Å². The first-order chi connectivity index (χ1) is 13.2. The first kappa shape index (κ1) is 20.0. The molecule has 3 aromatic rings. The molecule has 0 saturated carbocycles.